The number of hydrogen-bond donors (Lipinski definition) is 3. The molecule has 134 valence electrons. The van der Waals surface area contributed by atoms with Gasteiger partial charge >= 0.3 is 0 Å². The van der Waals surface area contributed by atoms with Gasteiger partial charge in [-0.25, -0.2) is 0 Å². The van der Waals surface area contributed by atoms with Crippen LogP contribution in [0, 0.1) is 5.92 Å². The third-order valence-corrected chi connectivity index (χ3v) is 3.93. The Balaban J connectivity index is 2.30. The second-order valence-corrected chi connectivity index (χ2v) is 6.66. The molecule has 0 aromatic heterocycles. The molecule has 0 aliphatic rings. The Kier molecular flexibility index (Phi) is 9.23. The molecule has 1 unspecified atom stereocenters. The van der Waals surface area contributed by atoms with Crippen molar-refractivity contribution >= 4 is 23.5 Å². The van der Waals surface area contributed by atoms with Crippen LogP contribution in [-0.4, -0.2) is 38.0 Å². The predicted molar refractivity (Wildman–Crippen MR) is 102 cm³/mol. The molecule has 1 aromatic rings. The van der Waals surface area contributed by atoms with Crippen molar-refractivity contribution in [2.45, 2.75) is 39.7 Å². The van der Waals surface area contributed by atoms with Crippen molar-refractivity contribution in [3.8, 4) is 0 Å². The van der Waals surface area contributed by atoms with Crippen molar-refractivity contribution < 1.29 is 4.79 Å². The molecule has 0 spiro atoms. The number of aliphatic imine (C=N–C) groups is 1. The molecule has 1 aromatic carbocycles. The minimum atomic E-state index is -0.171. The van der Waals surface area contributed by atoms with Gasteiger partial charge in [-0.2, -0.15) is 0 Å². The number of nitrogens with one attached hydrogen (secondary N) is 3. The third-order valence-electron chi connectivity index (χ3n) is 3.61. The molecule has 24 heavy (non-hydrogen) atoms. The van der Waals surface area contributed by atoms with Gasteiger partial charge in [-0.3, -0.25) is 9.79 Å². The lowest BCUT2D eigenvalue weighted by atomic mass is 10.0. The summed E-state index contributed by atoms with van der Waals surface area (Å²) in [6.07, 6.45) is 2.28. The molecule has 3 N–H and O–H groups in total. The van der Waals surface area contributed by atoms with E-state index in [1.54, 1.807) is 31.3 Å². The first kappa shape index (κ1) is 20.3. The quantitative estimate of drug-likeness (QED) is 0.382. The van der Waals surface area contributed by atoms with Crippen LogP contribution >= 0.6 is 11.6 Å². The Bertz CT molecular complexity index is 546. The topological polar surface area (TPSA) is 65.5 Å². The summed E-state index contributed by atoms with van der Waals surface area (Å²) >= 11 is 6.01. The molecule has 1 amide bonds. The fourth-order valence-corrected chi connectivity index (χ4v) is 2.40. The van der Waals surface area contributed by atoms with E-state index in [0.717, 1.165) is 12.4 Å². The van der Waals surface area contributed by atoms with Gasteiger partial charge in [0.25, 0.3) is 5.91 Å². The van der Waals surface area contributed by atoms with Gasteiger partial charge in [0.15, 0.2) is 5.96 Å². The number of hydrogen-bond acceptors (Lipinski definition) is 2. The van der Waals surface area contributed by atoms with Crippen LogP contribution in [-0.2, 0) is 0 Å². The first-order chi connectivity index (χ1) is 11.4. The number of amides is 1. The largest absolute Gasteiger partial charge is 0.355 e. The van der Waals surface area contributed by atoms with E-state index < -0.39 is 0 Å². The van der Waals surface area contributed by atoms with Crippen LogP contribution in [0.5, 0.6) is 0 Å². The summed E-state index contributed by atoms with van der Waals surface area (Å²) in [5.74, 6) is 1.28. The summed E-state index contributed by atoms with van der Waals surface area (Å²) in [6, 6.07) is 7.37. The van der Waals surface area contributed by atoms with Gasteiger partial charge in [-0.1, -0.05) is 37.6 Å². The molecule has 0 saturated carbocycles. The SMILES string of the molecule is CN=C(NCCNC(=O)c1ccccc1Cl)NC(C)CCC(C)C. The van der Waals surface area contributed by atoms with Gasteiger partial charge in [0.2, 0.25) is 0 Å². The van der Waals surface area contributed by atoms with E-state index in [4.69, 9.17) is 11.6 Å². The average molecular weight is 353 g/mol. The molecule has 0 heterocycles. The number of benzene rings is 1. The van der Waals surface area contributed by atoms with Crippen LogP contribution in [0.1, 0.15) is 44.0 Å². The molecule has 0 aliphatic carbocycles. The van der Waals surface area contributed by atoms with E-state index in [0.29, 0.717) is 35.6 Å². The zero-order chi connectivity index (χ0) is 17.9. The summed E-state index contributed by atoms with van der Waals surface area (Å²) in [5, 5.41) is 9.86. The molecular weight excluding hydrogens is 324 g/mol. The number of halogens is 1. The Morgan fingerprint density at radius 1 is 1.12 bits per heavy atom. The van der Waals surface area contributed by atoms with Crippen molar-refractivity contribution in [3.05, 3.63) is 34.9 Å². The Labute approximate surface area is 150 Å². The molecule has 0 saturated heterocycles. The highest BCUT2D eigenvalue weighted by Crippen LogP contribution is 2.14. The minimum absolute atomic E-state index is 0.171. The molecule has 0 bridgehead atoms. The van der Waals surface area contributed by atoms with Crippen LogP contribution in [0.15, 0.2) is 29.3 Å². The zero-order valence-electron chi connectivity index (χ0n) is 15.0. The van der Waals surface area contributed by atoms with Gasteiger partial charge < -0.3 is 16.0 Å². The Morgan fingerprint density at radius 3 is 2.42 bits per heavy atom. The minimum Gasteiger partial charge on any atom is -0.355 e. The van der Waals surface area contributed by atoms with Crippen molar-refractivity contribution in [1.82, 2.24) is 16.0 Å². The smallest absolute Gasteiger partial charge is 0.252 e. The highest BCUT2D eigenvalue weighted by molar-refractivity contribution is 6.33. The average Bonchev–Trinajstić information content (AvgIpc) is 2.55. The maximum absolute atomic E-state index is 12.0. The third kappa shape index (κ3) is 7.68. The van der Waals surface area contributed by atoms with E-state index in [-0.39, 0.29) is 5.91 Å². The second-order valence-electron chi connectivity index (χ2n) is 6.25. The number of carbonyl (C=O) groups is 1. The molecule has 0 radical (unpaired) electrons. The van der Waals surface area contributed by atoms with Crippen molar-refractivity contribution in [3.63, 3.8) is 0 Å². The van der Waals surface area contributed by atoms with Crippen molar-refractivity contribution in [1.29, 1.82) is 0 Å². The zero-order valence-corrected chi connectivity index (χ0v) is 15.8. The van der Waals surface area contributed by atoms with E-state index in [1.165, 1.54) is 6.42 Å². The molecular formula is C18H29ClN4O. The first-order valence-corrected chi connectivity index (χ1v) is 8.81. The highest BCUT2D eigenvalue weighted by atomic mass is 35.5. The van der Waals surface area contributed by atoms with Gasteiger partial charge in [-0.15, -0.1) is 0 Å². The predicted octanol–water partition coefficient (Wildman–Crippen LogP) is 3.06. The van der Waals surface area contributed by atoms with Crippen LogP contribution in [0.3, 0.4) is 0 Å². The van der Waals surface area contributed by atoms with Crippen LogP contribution in [0.4, 0.5) is 0 Å². The second kappa shape index (κ2) is 10.9. The van der Waals surface area contributed by atoms with Crippen molar-refractivity contribution in [2.75, 3.05) is 20.1 Å². The number of rotatable bonds is 8. The standard InChI is InChI=1S/C18H29ClN4O/c1-13(2)9-10-14(3)23-18(20-4)22-12-11-21-17(24)15-7-5-6-8-16(15)19/h5-8,13-14H,9-12H2,1-4H3,(H,21,24)(H2,20,22,23). The first-order valence-electron chi connectivity index (χ1n) is 8.44. The fourth-order valence-electron chi connectivity index (χ4n) is 2.18. The summed E-state index contributed by atoms with van der Waals surface area (Å²) in [4.78, 5) is 16.2. The van der Waals surface area contributed by atoms with Gasteiger partial charge in [0, 0.05) is 26.2 Å². The van der Waals surface area contributed by atoms with Crippen molar-refractivity contribution in [2.24, 2.45) is 10.9 Å². The summed E-state index contributed by atoms with van der Waals surface area (Å²) in [6.45, 7) is 7.68. The molecule has 5 nitrogen and oxygen atoms in total. The normalized spacial score (nSPS) is 12.8. The van der Waals surface area contributed by atoms with E-state index in [1.807, 2.05) is 0 Å². The monoisotopic (exact) mass is 352 g/mol. The number of guanidine groups is 1. The molecule has 1 rings (SSSR count). The maximum Gasteiger partial charge on any atom is 0.252 e. The Hall–Kier alpha value is -1.75. The molecule has 6 heteroatoms. The van der Waals surface area contributed by atoms with E-state index in [9.17, 15) is 4.79 Å². The lowest BCUT2D eigenvalue weighted by molar-refractivity contribution is 0.0954. The highest BCUT2D eigenvalue weighted by Gasteiger charge is 2.09. The molecule has 0 aliphatic heterocycles. The van der Waals surface area contributed by atoms with E-state index in [2.05, 4.69) is 41.7 Å². The Morgan fingerprint density at radius 2 is 1.79 bits per heavy atom. The fraction of sp³-hybridized carbons (Fsp3) is 0.556. The van der Waals surface area contributed by atoms with Crippen LogP contribution in [0.25, 0.3) is 0 Å². The lowest BCUT2D eigenvalue weighted by Gasteiger charge is -2.18. The number of carbonyl (C=O) groups excluding carboxylic acids is 1. The summed E-state index contributed by atoms with van der Waals surface area (Å²) in [5.41, 5.74) is 0.490. The van der Waals surface area contributed by atoms with Crippen LogP contribution < -0.4 is 16.0 Å². The van der Waals surface area contributed by atoms with Gasteiger partial charge in [-0.05, 0) is 37.8 Å². The maximum atomic E-state index is 12.0. The molecule has 1 atom stereocenters. The van der Waals surface area contributed by atoms with E-state index >= 15 is 0 Å². The number of nitrogens with zero attached hydrogens (tertiary/aromatic N) is 1. The molecule has 0 fully saturated rings. The van der Waals surface area contributed by atoms with Gasteiger partial charge in [0.1, 0.15) is 0 Å². The van der Waals surface area contributed by atoms with Gasteiger partial charge in [0.05, 0.1) is 10.6 Å². The van der Waals surface area contributed by atoms with Crippen LogP contribution in [0.2, 0.25) is 5.02 Å². The lowest BCUT2D eigenvalue weighted by Crippen LogP contribution is -2.44. The summed E-state index contributed by atoms with van der Waals surface area (Å²) in [7, 11) is 1.74. The summed E-state index contributed by atoms with van der Waals surface area (Å²) < 4.78 is 0.